The molecule has 0 amide bonds. The third-order valence-electron chi connectivity index (χ3n) is 5.54. The number of carbonyl (C=O) groups is 2. The molecule has 0 bridgehead atoms. The molecule has 1 aliphatic rings. The van der Waals surface area contributed by atoms with E-state index in [2.05, 4.69) is 31.3 Å². The monoisotopic (exact) mass is 395 g/mol. The number of hydrogen-bond donors (Lipinski definition) is 1. The van der Waals surface area contributed by atoms with Crippen LogP contribution >= 0.6 is 0 Å². The molecular formula is C27H25NO2. The molecule has 30 heavy (non-hydrogen) atoms. The Kier molecular flexibility index (Phi) is 5.62. The molecule has 0 saturated heterocycles. The van der Waals surface area contributed by atoms with Crippen molar-refractivity contribution in [3.05, 3.63) is 112 Å². The maximum atomic E-state index is 13.4. The van der Waals surface area contributed by atoms with Crippen molar-refractivity contribution in [3.8, 4) is 0 Å². The van der Waals surface area contributed by atoms with Crippen LogP contribution in [0.5, 0.6) is 0 Å². The molecular weight excluding hydrogens is 370 g/mol. The maximum Gasteiger partial charge on any atom is 0.210 e. The lowest BCUT2D eigenvalue weighted by molar-refractivity contribution is 0.0985. The third kappa shape index (κ3) is 3.84. The van der Waals surface area contributed by atoms with E-state index >= 15 is 0 Å². The Morgan fingerprint density at radius 1 is 0.733 bits per heavy atom. The van der Waals surface area contributed by atoms with Gasteiger partial charge in [-0.05, 0) is 29.0 Å². The first-order valence-corrected chi connectivity index (χ1v) is 10.4. The summed E-state index contributed by atoms with van der Waals surface area (Å²) >= 11 is 0. The second-order valence-corrected chi connectivity index (χ2v) is 7.89. The molecule has 0 aliphatic heterocycles. The van der Waals surface area contributed by atoms with Crippen LogP contribution in [0.2, 0.25) is 0 Å². The second kappa shape index (κ2) is 8.50. The Balaban J connectivity index is 1.72. The Morgan fingerprint density at radius 2 is 1.33 bits per heavy atom. The van der Waals surface area contributed by atoms with Crippen LogP contribution in [-0.2, 0) is 6.42 Å². The van der Waals surface area contributed by atoms with E-state index < -0.39 is 0 Å². The van der Waals surface area contributed by atoms with Gasteiger partial charge in [0.2, 0.25) is 5.78 Å². The number of nitrogens with one attached hydrogen (secondary N) is 1. The fraction of sp³-hybridized carbons (Fsp3) is 0.185. The van der Waals surface area contributed by atoms with Gasteiger partial charge in [0.1, 0.15) is 0 Å². The summed E-state index contributed by atoms with van der Waals surface area (Å²) in [6.07, 6.45) is 0.771. The van der Waals surface area contributed by atoms with Crippen molar-refractivity contribution in [2.24, 2.45) is 0 Å². The topological polar surface area (TPSA) is 46.2 Å². The summed E-state index contributed by atoms with van der Waals surface area (Å²) in [7, 11) is 0. The highest BCUT2D eigenvalue weighted by Crippen LogP contribution is 2.32. The fourth-order valence-corrected chi connectivity index (χ4v) is 3.83. The van der Waals surface area contributed by atoms with Gasteiger partial charge < -0.3 is 5.32 Å². The average molecular weight is 396 g/mol. The Morgan fingerprint density at radius 3 is 1.97 bits per heavy atom. The van der Waals surface area contributed by atoms with Crippen molar-refractivity contribution in [2.75, 3.05) is 6.54 Å². The van der Waals surface area contributed by atoms with Crippen molar-refractivity contribution in [2.45, 2.75) is 26.2 Å². The van der Waals surface area contributed by atoms with Crippen LogP contribution in [0.4, 0.5) is 0 Å². The highest BCUT2D eigenvalue weighted by atomic mass is 16.1. The molecule has 4 rings (SSSR count). The molecule has 3 nitrogen and oxygen atoms in total. The SMILES string of the molecule is CC(C)c1ccc(C2=C(NCCc3ccccc3)C(=O)c3ccccc3C2=O)cc1. The van der Waals surface area contributed by atoms with Crippen LogP contribution in [0.1, 0.15) is 57.2 Å². The van der Waals surface area contributed by atoms with E-state index in [0.717, 1.165) is 12.0 Å². The first-order chi connectivity index (χ1) is 14.6. The normalized spacial score (nSPS) is 13.6. The molecule has 3 aromatic rings. The first kappa shape index (κ1) is 19.8. The number of benzene rings is 3. The van der Waals surface area contributed by atoms with Crippen molar-refractivity contribution >= 4 is 17.1 Å². The molecule has 0 saturated carbocycles. The first-order valence-electron chi connectivity index (χ1n) is 10.4. The summed E-state index contributed by atoms with van der Waals surface area (Å²) in [5.41, 5.74) is 4.95. The molecule has 1 aliphatic carbocycles. The number of Topliss-reactive ketones (excluding diaryl/α,β-unsaturated/α-hetero) is 2. The zero-order valence-corrected chi connectivity index (χ0v) is 17.3. The standard InChI is InChI=1S/C27H25NO2/c1-18(2)20-12-14-21(15-13-20)24-25(28-17-16-19-8-4-3-5-9-19)27(30)23-11-7-6-10-22(23)26(24)29/h3-15,18,28H,16-17H2,1-2H3. The maximum absolute atomic E-state index is 13.4. The van der Waals surface area contributed by atoms with Gasteiger partial charge in [-0.15, -0.1) is 0 Å². The lowest BCUT2D eigenvalue weighted by Gasteiger charge is -2.22. The molecule has 3 heteroatoms. The molecule has 0 heterocycles. The van der Waals surface area contributed by atoms with E-state index in [9.17, 15) is 9.59 Å². The van der Waals surface area contributed by atoms with Gasteiger partial charge in [-0.1, -0.05) is 92.7 Å². The average Bonchev–Trinajstić information content (AvgIpc) is 2.78. The predicted molar refractivity (Wildman–Crippen MR) is 121 cm³/mol. The summed E-state index contributed by atoms with van der Waals surface area (Å²) in [6, 6.07) is 25.1. The number of carbonyl (C=O) groups excluding carboxylic acids is 2. The van der Waals surface area contributed by atoms with Crippen LogP contribution in [-0.4, -0.2) is 18.1 Å². The summed E-state index contributed by atoms with van der Waals surface area (Å²) in [6.45, 7) is 4.85. The van der Waals surface area contributed by atoms with Gasteiger partial charge in [-0.2, -0.15) is 0 Å². The molecule has 3 aromatic carbocycles. The molecule has 1 N–H and O–H groups in total. The summed E-state index contributed by atoms with van der Waals surface area (Å²) in [5.74, 6) is 0.173. The lowest BCUT2D eigenvalue weighted by Crippen LogP contribution is -2.31. The van der Waals surface area contributed by atoms with Crippen molar-refractivity contribution in [1.82, 2.24) is 5.32 Å². The number of rotatable bonds is 6. The van der Waals surface area contributed by atoms with E-state index in [4.69, 9.17) is 0 Å². The third-order valence-corrected chi connectivity index (χ3v) is 5.54. The molecule has 0 atom stereocenters. The molecule has 0 radical (unpaired) electrons. The fourth-order valence-electron chi connectivity index (χ4n) is 3.83. The lowest BCUT2D eigenvalue weighted by atomic mass is 9.83. The highest BCUT2D eigenvalue weighted by Gasteiger charge is 2.32. The van der Waals surface area contributed by atoms with Crippen LogP contribution in [0.15, 0.2) is 84.6 Å². The van der Waals surface area contributed by atoms with Gasteiger partial charge >= 0.3 is 0 Å². The smallest absolute Gasteiger partial charge is 0.210 e. The number of ketones is 2. The van der Waals surface area contributed by atoms with Crippen molar-refractivity contribution in [3.63, 3.8) is 0 Å². The van der Waals surface area contributed by atoms with Gasteiger partial charge in [-0.25, -0.2) is 0 Å². The van der Waals surface area contributed by atoms with Gasteiger partial charge in [-0.3, -0.25) is 9.59 Å². The van der Waals surface area contributed by atoms with Gasteiger partial charge in [0.05, 0.1) is 11.3 Å². The number of allylic oxidation sites excluding steroid dienone is 2. The van der Waals surface area contributed by atoms with Gasteiger partial charge in [0.15, 0.2) is 5.78 Å². The van der Waals surface area contributed by atoms with Gasteiger partial charge in [0.25, 0.3) is 0 Å². The van der Waals surface area contributed by atoms with Crippen LogP contribution < -0.4 is 5.32 Å². The number of hydrogen-bond acceptors (Lipinski definition) is 3. The largest absolute Gasteiger partial charge is 0.381 e. The molecule has 150 valence electrons. The zero-order chi connectivity index (χ0) is 21.1. The van der Waals surface area contributed by atoms with Gasteiger partial charge in [0, 0.05) is 17.7 Å². The van der Waals surface area contributed by atoms with Crippen molar-refractivity contribution < 1.29 is 9.59 Å². The minimum absolute atomic E-state index is 0.107. The summed E-state index contributed by atoms with van der Waals surface area (Å²) in [4.78, 5) is 26.7. The molecule has 0 unspecified atom stereocenters. The van der Waals surface area contributed by atoms with E-state index in [1.165, 1.54) is 11.1 Å². The zero-order valence-electron chi connectivity index (χ0n) is 17.3. The Hall–Kier alpha value is -3.46. The van der Waals surface area contributed by atoms with Crippen LogP contribution in [0.3, 0.4) is 0 Å². The molecule has 0 spiro atoms. The minimum Gasteiger partial charge on any atom is -0.381 e. The Bertz CT molecular complexity index is 1110. The highest BCUT2D eigenvalue weighted by molar-refractivity contribution is 6.40. The number of fused-ring (bicyclic) bond motifs is 1. The molecule has 0 aromatic heterocycles. The van der Waals surface area contributed by atoms with Crippen LogP contribution in [0, 0.1) is 0 Å². The minimum atomic E-state index is -0.124. The van der Waals surface area contributed by atoms with E-state index in [1.54, 1.807) is 24.3 Å². The summed E-state index contributed by atoms with van der Waals surface area (Å²) < 4.78 is 0. The second-order valence-electron chi connectivity index (χ2n) is 7.89. The van der Waals surface area contributed by atoms with E-state index in [1.807, 2.05) is 42.5 Å². The quantitative estimate of drug-likeness (QED) is 0.605. The van der Waals surface area contributed by atoms with Crippen LogP contribution in [0.25, 0.3) is 5.57 Å². The van der Waals surface area contributed by atoms with E-state index in [0.29, 0.717) is 34.9 Å². The Labute approximate surface area is 177 Å². The summed E-state index contributed by atoms with van der Waals surface area (Å²) in [5, 5.41) is 3.29. The predicted octanol–water partition coefficient (Wildman–Crippen LogP) is 5.43. The van der Waals surface area contributed by atoms with Crippen molar-refractivity contribution in [1.29, 1.82) is 0 Å². The van der Waals surface area contributed by atoms with E-state index in [-0.39, 0.29) is 11.6 Å². The molecule has 0 fully saturated rings.